The summed E-state index contributed by atoms with van der Waals surface area (Å²) in [4.78, 5) is 9.30. The summed E-state index contributed by atoms with van der Waals surface area (Å²) in [5, 5.41) is 6.76. The Morgan fingerprint density at radius 1 is 1.20 bits per heavy atom. The lowest BCUT2D eigenvalue weighted by Gasteiger charge is -2.41. The van der Waals surface area contributed by atoms with Gasteiger partial charge in [0.2, 0.25) is 0 Å². The van der Waals surface area contributed by atoms with Gasteiger partial charge in [-0.05, 0) is 31.6 Å². The smallest absolute Gasteiger partial charge is 0.135 e. The summed E-state index contributed by atoms with van der Waals surface area (Å²) in [6.45, 7) is 9.67. The molecule has 4 heteroatoms. The maximum Gasteiger partial charge on any atom is 0.135 e. The third-order valence-electron chi connectivity index (χ3n) is 4.71. The zero-order valence-corrected chi connectivity index (χ0v) is 13.5. The Morgan fingerprint density at radius 3 is 2.30 bits per heavy atom. The molecule has 0 atom stereocenters. The predicted molar refractivity (Wildman–Crippen MR) is 85.5 cm³/mol. The maximum atomic E-state index is 4.71. The molecule has 1 aromatic rings. The number of hydrogen-bond acceptors (Lipinski definition) is 4. The molecule has 1 aromatic heterocycles. The molecule has 1 aliphatic rings. The van der Waals surface area contributed by atoms with E-state index < -0.39 is 0 Å². The number of anilines is 2. The fraction of sp³-hybridized carbons (Fsp3) is 0.750. The highest BCUT2D eigenvalue weighted by atomic mass is 15.1. The van der Waals surface area contributed by atoms with Gasteiger partial charge in [-0.1, -0.05) is 27.2 Å². The van der Waals surface area contributed by atoms with Crippen LogP contribution in [0.2, 0.25) is 0 Å². The van der Waals surface area contributed by atoms with Crippen LogP contribution < -0.4 is 10.6 Å². The van der Waals surface area contributed by atoms with Crippen molar-refractivity contribution < 1.29 is 0 Å². The first kappa shape index (κ1) is 15.1. The third kappa shape index (κ3) is 2.89. The molecule has 4 nitrogen and oxygen atoms in total. The summed E-state index contributed by atoms with van der Waals surface area (Å²) in [6.07, 6.45) is 5.31. The van der Waals surface area contributed by atoms with E-state index in [4.69, 9.17) is 4.98 Å². The summed E-state index contributed by atoms with van der Waals surface area (Å²) in [6, 6.07) is 0. The molecule has 0 saturated heterocycles. The van der Waals surface area contributed by atoms with E-state index in [1.807, 2.05) is 7.05 Å². The highest BCUT2D eigenvalue weighted by molar-refractivity contribution is 5.57. The number of rotatable bonds is 6. The Morgan fingerprint density at radius 2 is 1.85 bits per heavy atom. The summed E-state index contributed by atoms with van der Waals surface area (Å²) < 4.78 is 0. The molecular formula is C16H28N4. The van der Waals surface area contributed by atoms with Gasteiger partial charge in [-0.15, -0.1) is 0 Å². The van der Waals surface area contributed by atoms with Gasteiger partial charge in [-0.2, -0.15) is 0 Å². The Hall–Kier alpha value is -1.32. The molecule has 1 heterocycles. The Kier molecular flexibility index (Phi) is 4.51. The molecule has 0 aromatic carbocycles. The molecule has 0 spiro atoms. The van der Waals surface area contributed by atoms with Crippen LogP contribution in [0.3, 0.4) is 0 Å². The molecule has 1 fully saturated rings. The number of aromatic nitrogens is 2. The molecule has 0 unspecified atom stereocenters. The van der Waals surface area contributed by atoms with E-state index in [0.29, 0.717) is 11.3 Å². The van der Waals surface area contributed by atoms with Crippen LogP contribution in [0.1, 0.15) is 63.8 Å². The molecule has 2 N–H and O–H groups in total. The predicted octanol–water partition coefficient (Wildman–Crippen LogP) is 3.94. The standard InChI is InChI=1S/C16H28N4/c1-6-16(8-7-9-16)10-18-15-12(4)14(17-5)19-13(20-15)11(2)3/h11H,6-10H2,1-5H3,(H2,17,18,19,20). The van der Waals surface area contributed by atoms with Gasteiger partial charge < -0.3 is 10.6 Å². The van der Waals surface area contributed by atoms with Crippen LogP contribution in [0.4, 0.5) is 11.6 Å². The maximum absolute atomic E-state index is 4.71. The van der Waals surface area contributed by atoms with E-state index in [0.717, 1.165) is 29.6 Å². The van der Waals surface area contributed by atoms with Crippen molar-refractivity contribution >= 4 is 11.6 Å². The summed E-state index contributed by atoms with van der Waals surface area (Å²) >= 11 is 0. The van der Waals surface area contributed by atoms with Crippen LogP contribution in [-0.2, 0) is 0 Å². The van der Waals surface area contributed by atoms with Gasteiger partial charge in [0.25, 0.3) is 0 Å². The SMILES string of the molecule is CCC1(CNc2nc(C(C)C)nc(NC)c2C)CCC1. The number of hydrogen-bond donors (Lipinski definition) is 2. The number of nitrogens with one attached hydrogen (secondary N) is 2. The number of nitrogens with zero attached hydrogens (tertiary/aromatic N) is 2. The lowest BCUT2D eigenvalue weighted by molar-refractivity contribution is 0.145. The Balaban J connectivity index is 2.19. The van der Waals surface area contributed by atoms with Crippen LogP contribution in [0, 0.1) is 12.3 Å². The van der Waals surface area contributed by atoms with Crippen molar-refractivity contribution in [2.45, 2.75) is 59.3 Å². The van der Waals surface area contributed by atoms with Gasteiger partial charge in [0, 0.05) is 25.1 Å². The first-order chi connectivity index (χ1) is 9.51. The normalized spacial score (nSPS) is 16.9. The average molecular weight is 276 g/mol. The molecule has 1 saturated carbocycles. The van der Waals surface area contributed by atoms with Gasteiger partial charge in [-0.25, -0.2) is 9.97 Å². The van der Waals surface area contributed by atoms with Gasteiger partial charge in [0.15, 0.2) is 0 Å². The fourth-order valence-corrected chi connectivity index (χ4v) is 2.81. The highest BCUT2D eigenvalue weighted by Crippen LogP contribution is 2.43. The van der Waals surface area contributed by atoms with Crippen molar-refractivity contribution in [3.63, 3.8) is 0 Å². The molecular weight excluding hydrogens is 248 g/mol. The first-order valence-electron chi connectivity index (χ1n) is 7.81. The Labute approximate surface area is 122 Å². The van der Waals surface area contributed by atoms with Crippen molar-refractivity contribution in [2.24, 2.45) is 5.41 Å². The average Bonchev–Trinajstić information content (AvgIpc) is 2.39. The molecule has 1 aliphatic carbocycles. The zero-order valence-electron chi connectivity index (χ0n) is 13.5. The third-order valence-corrected chi connectivity index (χ3v) is 4.71. The second kappa shape index (κ2) is 5.98. The monoisotopic (exact) mass is 276 g/mol. The quantitative estimate of drug-likeness (QED) is 0.826. The van der Waals surface area contributed by atoms with Crippen molar-refractivity contribution in [3.8, 4) is 0 Å². The van der Waals surface area contributed by atoms with Crippen molar-refractivity contribution in [3.05, 3.63) is 11.4 Å². The fourth-order valence-electron chi connectivity index (χ4n) is 2.81. The molecule has 20 heavy (non-hydrogen) atoms. The van der Waals surface area contributed by atoms with Crippen LogP contribution in [0.15, 0.2) is 0 Å². The van der Waals surface area contributed by atoms with Crippen LogP contribution in [0.5, 0.6) is 0 Å². The van der Waals surface area contributed by atoms with Crippen LogP contribution in [0.25, 0.3) is 0 Å². The minimum atomic E-state index is 0.340. The van der Waals surface area contributed by atoms with Gasteiger partial charge in [0.1, 0.15) is 17.5 Å². The minimum absolute atomic E-state index is 0.340. The van der Waals surface area contributed by atoms with Gasteiger partial charge in [-0.3, -0.25) is 0 Å². The van der Waals surface area contributed by atoms with Crippen molar-refractivity contribution in [1.82, 2.24) is 9.97 Å². The molecule has 0 bridgehead atoms. The molecule has 0 radical (unpaired) electrons. The van der Waals surface area contributed by atoms with Crippen LogP contribution >= 0.6 is 0 Å². The van der Waals surface area contributed by atoms with E-state index in [1.165, 1.54) is 25.7 Å². The zero-order chi connectivity index (χ0) is 14.8. The van der Waals surface area contributed by atoms with Crippen LogP contribution in [-0.4, -0.2) is 23.6 Å². The summed E-state index contributed by atoms with van der Waals surface area (Å²) in [5.41, 5.74) is 1.61. The van der Waals surface area contributed by atoms with Gasteiger partial charge >= 0.3 is 0 Å². The van der Waals surface area contributed by atoms with E-state index >= 15 is 0 Å². The molecule has 112 valence electrons. The Bertz CT molecular complexity index is 458. The molecule has 0 aliphatic heterocycles. The second-order valence-corrected chi connectivity index (χ2v) is 6.37. The van der Waals surface area contributed by atoms with Crippen molar-refractivity contribution in [1.29, 1.82) is 0 Å². The van der Waals surface area contributed by atoms with Crippen molar-refractivity contribution in [2.75, 3.05) is 24.2 Å². The summed E-state index contributed by atoms with van der Waals surface area (Å²) in [5.74, 6) is 3.17. The largest absolute Gasteiger partial charge is 0.373 e. The topological polar surface area (TPSA) is 49.8 Å². The summed E-state index contributed by atoms with van der Waals surface area (Å²) in [7, 11) is 1.92. The molecule has 0 amide bonds. The van der Waals surface area contributed by atoms with E-state index in [-0.39, 0.29) is 0 Å². The van der Waals surface area contributed by atoms with E-state index in [1.54, 1.807) is 0 Å². The molecule has 2 rings (SSSR count). The lowest BCUT2D eigenvalue weighted by atomic mass is 9.67. The first-order valence-corrected chi connectivity index (χ1v) is 7.81. The van der Waals surface area contributed by atoms with Gasteiger partial charge in [0.05, 0.1) is 0 Å². The minimum Gasteiger partial charge on any atom is -0.373 e. The highest BCUT2D eigenvalue weighted by Gasteiger charge is 2.35. The lowest BCUT2D eigenvalue weighted by Crippen LogP contribution is -2.36. The second-order valence-electron chi connectivity index (χ2n) is 6.37. The van der Waals surface area contributed by atoms with E-state index in [2.05, 4.69) is 43.3 Å². The van der Waals surface area contributed by atoms with E-state index in [9.17, 15) is 0 Å².